The Morgan fingerprint density at radius 3 is 2.51 bits per heavy atom. The van der Waals surface area contributed by atoms with E-state index < -0.39 is 16.1 Å². The van der Waals surface area contributed by atoms with Crippen LogP contribution in [0.2, 0.25) is 0 Å². The molecule has 0 radical (unpaired) electrons. The van der Waals surface area contributed by atoms with Crippen molar-refractivity contribution in [3.05, 3.63) is 71.4 Å². The molecule has 0 saturated carbocycles. The first kappa shape index (κ1) is 24.9. The minimum Gasteiger partial charge on any atom is -0.424 e. The van der Waals surface area contributed by atoms with Crippen molar-refractivity contribution in [1.29, 1.82) is 0 Å². The summed E-state index contributed by atoms with van der Waals surface area (Å²) in [4.78, 5) is 4.65. The first-order valence-corrected chi connectivity index (χ1v) is 13.3. The van der Waals surface area contributed by atoms with Crippen LogP contribution in [-0.2, 0) is 16.6 Å². The molecule has 2 heterocycles. The molecule has 0 bridgehead atoms. The largest absolute Gasteiger partial charge is 0.424 e. The zero-order chi connectivity index (χ0) is 24.8. The van der Waals surface area contributed by atoms with Gasteiger partial charge in [0.25, 0.3) is 0 Å². The van der Waals surface area contributed by atoms with Gasteiger partial charge < -0.3 is 14.5 Å². The number of benzene rings is 2. The van der Waals surface area contributed by atoms with E-state index in [0.29, 0.717) is 24.1 Å². The summed E-state index contributed by atoms with van der Waals surface area (Å²) in [6.07, 6.45) is 1.56. The second-order valence-corrected chi connectivity index (χ2v) is 10.2. The van der Waals surface area contributed by atoms with Gasteiger partial charge in [-0.1, -0.05) is 41.5 Å². The fraction of sp³-hybridized carbons (Fsp3) is 0.360. The highest BCUT2D eigenvalue weighted by atomic mass is 32.2. The number of ether oxygens (including phenoxy) is 1. The van der Waals surface area contributed by atoms with E-state index in [2.05, 4.69) is 37.8 Å². The van der Waals surface area contributed by atoms with Crippen LogP contribution in [-0.4, -0.2) is 61.3 Å². The summed E-state index contributed by atoms with van der Waals surface area (Å²) >= 11 is 0. The average Bonchev–Trinajstić information content (AvgIpc) is 3.26. The molecule has 2 aromatic carbocycles. The molecule has 35 heavy (non-hydrogen) atoms. The zero-order valence-corrected chi connectivity index (χ0v) is 21.1. The predicted octanol–water partition coefficient (Wildman–Crippen LogP) is 3.49. The number of hydrogen-bond donors (Lipinski definition) is 1. The Kier molecular flexibility index (Phi) is 7.84. The quantitative estimate of drug-likeness (QED) is 0.485. The highest BCUT2D eigenvalue weighted by molar-refractivity contribution is 7.92. The summed E-state index contributed by atoms with van der Waals surface area (Å²) < 4.78 is 35.7. The van der Waals surface area contributed by atoms with Gasteiger partial charge in [0.05, 0.1) is 6.04 Å². The standard InChI is InChI=1S/C25H32N6O3S/c1-4-31-24(20(2)28-35(32,33)18-13-21-9-6-5-7-10-21)26-27-25(31)34-23-12-8-11-22(19-23)30-16-14-29(3)15-17-30/h5-13,18-20,28H,4,14-17H2,1-3H3/t20-/m1/s1. The van der Waals surface area contributed by atoms with E-state index in [1.807, 2.05) is 55.5 Å². The van der Waals surface area contributed by atoms with Crippen molar-refractivity contribution in [1.82, 2.24) is 24.4 Å². The number of rotatable bonds is 9. The van der Waals surface area contributed by atoms with Gasteiger partial charge in [-0.3, -0.25) is 4.57 Å². The highest BCUT2D eigenvalue weighted by Gasteiger charge is 2.22. The van der Waals surface area contributed by atoms with Crippen LogP contribution in [0.25, 0.3) is 6.08 Å². The van der Waals surface area contributed by atoms with Crippen molar-refractivity contribution in [2.45, 2.75) is 26.4 Å². The Balaban J connectivity index is 1.46. The molecule has 4 rings (SSSR count). The molecule has 0 spiro atoms. The first-order valence-electron chi connectivity index (χ1n) is 11.7. The van der Waals surface area contributed by atoms with E-state index in [0.717, 1.165) is 42.8 Å². The molecule has 1 aromatic heterocycles. The molecule has 1 fully saturated rings. The van der Waals surface area contributed by atoms with Crippen molar-refractivity contribution < 1.29 is 13.2 Å². The third-order valence-electron chi connectivity index (χ3n) is 5.92. The average molecular weight is 497 g/mol. The molecule has 1 saturated heterocycles. The fourth-order valence-corrected chi connectivity index (χ4v) is 4.99. The topological polar surface area (TPSA) is 92.6 Å². The van der Waals surface area contributed by atoms with Crippen LogP contribution in [0.1, 0.15) is 31.3 Å². The Hall–Kier alpha value is -3.21. The van der Waals surface area contributed by atoms with Gasteiger partial charge in [0.15, 0.2) is 5.82 Å². The van der Waals surface area contributed by atoms with Crippen LogP contribution < -0.4 is 14.4 Å². The molecule has 1 aliphatic heterocycles. The number of likely N-dealkylation sites (N-methyl/N-ethyl adjacent to an activating group) is 1. The van der Waals surface area contributed by atoms with Crippen LogP contribution in [0, 0.1) is 0 Å². The minimum absolute atomic E-state index is 0.323. The van der Waals surface area contributed by atoms with Crippen molar-refractivity contribution in [2.24, 2.45) is 0 Å². The molecular formula is C25H32N6O3S. The smallest absolute Gasteiger partial charge is 0.322 e. The zero-order valence-electron chi connectivity index (χ0n) is 20.3. The molecule has 1 atom stereocenters. The van der Waals surface area contributed by atoms with Crippen LogP contribution in [0.5, 0.6) is 11.8 Å². The second-order valence-electron chi connectivity index (χ2n) is 8.57. The third-order valence-corrected chi connectivity index (χ3v) is 7.10. The van der Waals surface area contributed by atoms with Crippen LogP contribution in [0.3, 0.4) is 0 Å². The Bertz CT molecular complexity index is 1250. The van der Waals surface area contributed by atoms with Crippen LogP contribution in [0.15, 0.2) is 60.0 Å². The maximum absolute atomic E-state index is 12.6. The van der Waals surface area contributed by atoms with Crippen molar-refractivity contribution >= 4 is 21.8 Å². The summed E-state index contributed by atoms with van der Waals surface area (Å²) in [6.45, 7) is 8.18. The predicted molar refractivity (Wildman–Crippen MR) is 138 cm³/mol. The number of anilines is 1. The Morgan fingerprint density at radius 2 is 1.80 bits per heavy atom. The number of sulfonamides is 1. The first-order chi connectivity index (χ1) is 16.8. The summed E-state index contributed by atoms with van der Waals surface area (Å²) in [5, 5.41) is 9.58. The second kappa shape index (κ2) is 11.0. The molecule has 0 amide bonds. The summed E-state index contributed by atoms with van der Waals surface area (Å²) in [6, 6.07) is 16.9. The van der Waals surface area contributed by atoms with Crippen LogP contribution >= 0.6 is 0 Å². The molecule has 10 heteroatoms. The molecule has 0 unspecified atom stereocenters. The van der Waals surface area contributed by atoms with Crippen LogP contribution in [0.4, 0.5) is 5.69 Å². The maximum atomic E-state index is 12.6. The molecule has 1 aliphatic rings. The molecule has 0 aliphatic carbocycles. The van der Waals surface area contributed by atoms with Gasteiger partial charge >= 0.3 is 6.01 Å². The summed E-state index contributed by atoms with van der Waals surface area (Å²) in [5.41, 5.74) is 1.90. The minimum atomic E-state index is -3.69. The summed E-state index contributed by atoms with van der Waals surface area (Å²) in [7, 11) is -1.55. The van der Waals surface area contributed by atoms with Gasteiger partial charge in [-0.05, 0) is 44.7 Å². The lowest BCUT2D eigenvalue weighted by molar-refractivity contribution is 0.312. The fourth-order valence-electron chi connectivity index (χ4n) is 3.98. The van der Waals surface area contributed by atoms with E-state index in [1.165, 1.54) is 0 Å². The highest BCUT2D eigenvalue weighted by Crippen LogP contribution is 2.27. The Labute approximate surface area is 207 Å². The van der Waals surface area contributed by atoms with E-state index >= 15 is 0 Å². The SMILES string of the molecule is CCn1c(Oc2cccc(N3CCN(C)CC3)c2)nnc1[C@@H](C)NS(=O)(=O)C=Cc1ccccc1. The van der Waals surface area contributed by atoms with Gasteiger partial charge in [-0.25, -0.2) is 13.1 Å². The van der Waals surface area contributed by atoms with E-state index in [1.54, 1.807) is 17.6 Å². The lowest BCUT2D eigenvalue weighted by Gasteiger charge is -2.34. The van der Waals surface area contributed by atoms with Gasteiger partial charge in [-0.2, -0.15) is 0 Å². The number of piperazine rings is 1. The molecule has 1 N–H and O–H groups in total. The Morgan fingerprint density at radius 1 is 1.06 bits per heavy atom. The summed E-state index contributed by atoms with van der Waals surface area (Å²) in [5.74, 6) is 1.14. The third kappa shape index (κ3) is 6.47. The number of aromatic nitrogens is 3. The van der Waals surface area contributed by atoms with Crippen molar-refractivity contribution in [3.63, 3.8) is 0 Å². The lowest BCUT2D eigenvalue weighted by atomic mass is 10.2. The lowest BCUT2D eigenvalue weighted by Crippen LogP contribution is -2.44. The van der Waals surface area contributed by atoms with E-state index in [-0.39, 0.29) is 0 Å². The normalized spacial score (nSPS) is 16.0. The molecule has 9 nitrogen and oxygen atoms in total. The van der Waals surface area contributed by atoms with E-state index in [4.69, 9.17) is 4.74 Å². The van der Waals surface area contributed by atoms with Gasteiger partial charge in [0.1, 0.15) is 5.75 Å². The molecule has 186 valence electrons. The monoisotopic (exact) mass is 496 g/mol. The maximum Gasteiger partial charge on any atom is 0.322 e. The van der Waals surface area contributed by atoms with Crippen molar-refractivity contribution in [3.8, 4) is 11.8 Å². The van der Waals surface area contributed by atoms with Gasteiger partial charge in [0.2, 0.25) is 10.0 Å². The van der Waals surface area contributed by atoms with Crippen molar-refractivity contribution in [2.75, 3.05) is 38.1 Å². The van der Waals surface area contributed by atoms with Gasteiger partial charge in [-0.15, -0.1) is 5.10 Å². The van der Waals surface area contributed by atoms with E-state index in [9.17, 15) is 8.42 Å². The number of nitrogens with one attached hydrogen (secondary N) is 1. The van der Waals surface area contributed by atoms with Gasteiger partial charge in [0, 0.05) is 49.9 Å². The number of hydrogen-bond acceptors (Lipinski definition) is 7. The number of nitrogens with zero attached hydrogens (tertiary/aromatic N) is 5. The molecule has 3 aromatic rings. The molecular weight excluding hydrogens is 464 g/mol.